The van der Waals surface area contributed by atoms with Gasteiger partial charge in [0.25, 0.3) is 0 Å². The zero-order chi connectivity index (χ0) is 26.7. The van der Waals surface area contributed by atoms with E-state index in [1.54, 1.807) is 29.4 Å². The van der Waals surface area contributed by atoms with Gasteiger partial charge >= 0.3 is 6.09 Å². The summed E-state index contributed by atoms with van der Waals surface area (Å²) in [6.45, 7) is 6.21. The average Bonchev–Trinajstić information content (AvgIpc) is 3.35. The van der Waals surface area contributed by atoms with Crippen LogP contribution in [0.2, 0.25) is 0 Å². The number of H-pyrrole nitrogens is 1. The first-order chi connectivity index (χ1) is 18.3. The molecule has 1 aliphatic heterocycles. The van der Waals surface area contributed by atoms with Gasteiger partial charge in [0.15, 0.2) is 0 Å². The van der Waals surface area contributed by atoms with Crippen LogP contribution in [0.25, 0.3) is 22.5 Å². The minimum Gasteiger partial charge on any atom is -0.444 e. The number of pyridine rings is 1. The molecule has 2 atom stereocenters. The van der Waals surface area contributed by atoms with E-state index in [1.165, 1.54) is 17.7 Å². The lowest BCUT2D eigenvalue weighted by atomic mass is 9.86. The molecular weight excluding hydrogens is 479 g/mol. The Labute approximate surface area is 222 Å². The molecule has 5 rings (SSSR count). The number of halogens is 1. The summed E-state index contributed by atoms with van der Waals surface area (Å²) >= 11 is 0. The number of rotatable bonds is 5. The maximum atomic E-state index is 13.7. The molecule has 0 aliphatic carbocycles. The lowest BCUT2D eigenvalue weighted by molar-refractivity contribution is 0.00304. The normalized spacial score (nSPS) is 17.8. The molecular formula is C31H33FN4O2. The molecule has 1 saturated heterocycles. The quantitative estimate of drug-likeness (QED) is 0.307. The number of imidazole rings is 1. The van der Waals surface area contributed by atoms with E-state index in [-0.39, 0.29) is 18.0 Å². The van der Waals surface area contributed by atoms with Crippen LogP contribution < -0.4 is 0 Å². The Morgan fingerprint density at radius 3 is 2.42 bits per heavy atom. The minimum atomic E-state index is -0.604. The van der Waals surface area contributed by atoms with E-state index >= 15 is 0 Å². The maximum absolute atomic E-state index is 13.7. The number of hydrogen-bond donors (Lipinski definition) is 1. The number of nitrogens with one attached hydrogen (secondary N) is 1. The zero-order valence-corrected chi connectivity index (χ0v) is 22.0. The van der Waals surface area contributed by atoms with Crippen molar-refractivity contribution in [2.75, 3.05) is 6.54 Å². The molecule has 196 valence electrons. The average molecular weight is 513 g/mol. The van der Waals surface area contributed by atoms with Gasteiger partial charge in [-0.1, -0.05) is 30.3 Å². The number of carbonyl (C=O) groups excluding carboxylic acids is 1. The second-order valence-corrected chi connectivity index (χ2v) is 10.9. The van der Waals surface area contributed by atoms with Crippen molar-refractivity contribution in [1.82, 2.24) is 19.9 Å². The van der Waals surface area contributed by atoms with Crippen LogP contribution in [0.4, 0.5) is 9.18 Å². The Kier molecular flexibility index (Phi) is 7.27. The van der Waals surface area contributed by atoms with Crippen LogP contribution in [-0.4, -0.2) is 38.1 Å². The van der Waals surface area contributed by atoms with E-state index in [9.17, 15) is 9.18 Å². The van der Waals surface area contributed by atoms with Gasteiger partial charge in [-0.3, -0.25) is 9.88 Å². The highest BCUT2D eigenvalue weighted by molar-refractivity contribution is 5.78. The van der Waals surface area contributed by atoms with Crippen LogP contribution in [0.3, 0.4) is 0 Å². The van der Waals surface area contributed by atoms with Crippen molar-refractivity contribution in [1.29, 1.82) is 0 Å². The standard InChI is InChI=1S/C31H33FN4O2/c1-31(2,3)38-30(37)36-18-15-22(19-21-7-5-4-6-8-21)20-26(36)29-34-27(23-9-11-25(32)12-10-23)28(35-29)24-13-16-33-17-14-24/h4-14,16-17,22,26H,15,18-20H2,1-3H3,(H,34,35). The van der Waals surface area contributed by atoms with Gasteiger partial charge in [0.05, 0.1) is 17.4 Å². The molecule has 0 saturated carbocycles. The van der Waals surface area contributed by atoms with Gasteiger partial charge in [0.1, 0.15) is 17.2 Å². The van der Waals surface area contributed by atoms with Crippen LogP contribution >= 0.6 is 0 Å². The third-order valence-electron chi connectivity index (χ3n) is 6.83. The first kappa shape index (κ1) is 25.6. The molecule has 2 aromatic heterocycles. The van der Waals surface area contributed by atoms with Gasteiger partial charge in [-0.25, -0.2) is 14.2 Å². The molecule has 1 amide bonds. The summed E-state index contributed by atoms with van der Waals surface area (Å²) in [6, 6.07) is 20.3. The molecule has 2 aromatic carbocycles. The molecule has 38 heavy (non-hydrogen) atoms. The van der Waals surface area contributed by atoms with Crippen molar-refractivity contribution in [2.45, 2.75) is 51.7 Å². The third-order valence-corrected chi connectivity index (χ3v) is 6.83. The summed E-state index contributed by atoms with van der Waals surface area (Å²) in [4.78, 5) is 27.9. The first-order valence-corrected chi connectivity index (χ1v) is 13.1. The fourth-order valence-corrected chi connectivity index (χ4v) is 5.06. The van der Waals surface area contributed by atoms with Crippen LogP contribution in [0, 0.1) is 11.7 Å². The van der Waals surface area contributed by atoms with Crippen molar-refractivity contribution >= 4 is 6.09 Å². The van der Waals surface area contributed by atoms with Crippen molar-refractivity contribution in [3.8, 4) is 22.5 Å². The molecule has 0 radical (unpaired) electrons. The Bertz CT molecular complexity index is 1360. The van der Waals surface area contributed by atoms with Crippen molar-refractivity contribution in [2.24, 2.45) is 5.92 Å². The molecule has 1 aliphatic rings. The number of aromatic amines is 1. The molecule has 2 unspecified atom stereocenters. The Balaban J connectivity index is 1.54. The zero-order valence-electron chi connectivity index (χ0n) is 22.0. The summed E-state index contributed by atoms with van der Waals surface area (Å²) in [5, 5.41) is 0. The van der Waals surface area contributed by atoms with E-state index in [2.05, 4.69) is 34.2 Å². The second-order valence-electron chi connectivity index (χ2n) is 10.9. The van der Waals surface area contributed by atoms with E-state index < -0.39 is 5.60 Å². The molecule has 0 spiro atoms. The highest BCUT2D eigenvalue weighted by Crippen LogP contribution is 2.39. The van der Waals surface area contributed by atoms with Crippen LogP contribution in [-0.2, 0) is 11.2 Å². The van der Waals surface area contributed by atoms with Crippen molar-refractivity contribution in [3.05, 3.63) is 96.3 Å². The van der Waals surface area contributed by atoms with E-state index in [1.807, 2.05) is 39.0 Å². The van der Waals surface area contributed by atoms with E-state index in [0.717, 1.165) is 36.1 Å². The van der Waals surface area contributed by atoms with Crippen molar-refractivity contribution < 1.29 is 13.9 Å². The predicted molar refractivity (Wildman–Crippen MR) is 146 cm³/mol. The van der Waals surface area contributed by atoms with Crippen LogP contribution in [0.1, 0.15) is 51.0 Å². The van der Waals surface area contributed by atoms with Gasteiger partial charge < -0.3 is 9.72 Å². The molecule has 0 bridgehead atoms. The smallest absolute Gasteiger partial charge is 0.410 e. The molecule has 3 heterocycles. The summed E-state index contributed by atoms with van der Waals surface area (Å²) in [6.07, 6.45) is 5.68. The number of ether oxygens (including phenoxy) is 1. The summed E-state index contributed by atoms with van der Waals surface area (Å²) < 4.78 is 19.5. The van der Waals surface area contributed by atoms with Gasteiger partial charge in [0, 0.05) is 30.1 Å². The number of nitrogens with zero attached hydrogens (tertiary/aromatic N) is 3. The van der Waals surface area contributed by atoms with Crippen molar-refractivity contribution in [3.63, 3.8) is 0 Å². The number of aromatic nitrogens is 3. The number of carbonyl (C=O) groups is 1. The fourth-order valence-electron chi connectivity index (χ4n) is 5.06. The molecule has 1 fully saturated rings. The van der Waals surface area contributed by atoms with Gasteiger partial charge in [0.2, 0.25) is 0 Å². The lowest BCUT2D eigenvalue weighted by Crippen LogP contribution is -2.44. The highest BCUT2D eigenvalue weighted by atomic mass is 19.1. The predicted octanol–water partition coefficient (Wildman–Crippen LogP) is 7.21. The van der Waals surface area contributed by atoms with Gasteiger partial charge in [-0.05, 0) is 87.9 Å². The van der Waals surface area contributed by atoms with Crippen LogP contribution in [0.5, 0.6) is 0 Å². The Morgan fingerprint density at radius 1 is 1.03 bits per heavy atom. The summed E-state index contributed by atoms with van der Waals surface area (Å²) in [5.41, 5.74) is 3.90. The molecule has 4 aromatic rings. The largest absolute Gasteiger partial charge is 0.444 e. The number of likely N-dealkylation sites (tertiary alicyclic amines) is 1. The Morgan fingerprint density at radius 2 is 1.74 bits per heavy atom. The van der Waals surface area contributed by atoms with E-state index in [0.29, 0.717) is 24.0 Å². The maximum Gasteiger partial charge on any atom is 0.410 e. The topological polar surface area (TPSA) is 71.1 Å². The number of piperidine rings is 1. The first-order valence-electron chi connectivity index (χ1n) is 13.1. The second kappa shape index (κ2) is 10.8. The molecule has 1 N–H and O–H groups in total. The highest BCUT2D eigenvalue weighted by Gasteiger charge is 2.37. The SMILES string of the molecule is CC(C)(C)OC(=O)N1CCC(Cc2ccccc2)CC1c1nc(-c2ccc(F)cc2)c(-c2ccncc2)[nH]1. The summed E-state index contributed by atoms with van der Waals surface area (Å²) in [5.74, 6) is 0.770. The molecule has 7 heteroatoms. The number of benzene rings is 2. The lowest BCUT2D eigenvalue weighted by Gasteiger charge is -2.39. The fraction of sp³-hybridized carbons (Fsp3) is 0.323. The van der Waals surface area contributed by atoms with Gasteiger partial charge in [-0.15, -0.1) is 0 Å². The minimum absolute atomic E-state index is 0.290. The number of hydrogen-bond acceptors (Lipinski definition) is 4. The Hall–Kier alpha value is -4.00. The third kappa shape index (κ3) is 5.93. The molecule has 6 nitrogen and oxygen atoms in total. The summed E-state index contributed by atoms with van der Waals surface area (Å²) in [7, 11) is 0. The monoisotopic (exact) mass is 512 g/mol. The van der Waals surface area contributed by atoms with Gasteiger partial charge in [-0.2, -0.15) is 0 Å². The van der Waals surface area contributed by atoms with Crippen LogP contribution in [0.15, 0.2) is 79.1 Å². The number of amides is 1. The van der Waals surface area contributed by atoms with E-state index in [4.69, 9.17) is 9.72 Å².